The number of ether oxygens (including phenoxy) is 1. The highest BCUT2D eigenvalue weighted by Crippen LogP contribution is 2.38. The smallest absolute Gasteiger partial charge is 0.219 e. The van der Waals surface area contributed by atoms with Crippen molar-refractivity contribution in [2.24, 2.45) is 0 Å². The van der Waals surface area contributed by atoms with Gasteiger partial charge in [-0.25, -0.2) is 9.97 Å². The average molecular weight is 578 g/mol. The Morgan fingerprint density at radius 3 is 2.53 bits per heavy atom. The summed E-state index contributed by atoms with van der Waals surface area (Å²) >= 11 is 0. The van der Waals surface area contributed by atoms with Crippen molar-refractivity contribution >= 4 is 22.6 Å². The van der Waals surface area contributed by atoms with E-state index in [-0.39, 0.29) is 18.0 Å². The van der Waals surface area contributed by atoms with Crippen LogP contribution in [0.15, 0.2) is 65.4 Å². The number of nitrogens with zero attached hydrogens (tertiary/aromatic N) is 7. The number of amides is 1. The van der Waals surface area contributed by atoms with Gasteiger partial charge in [0.05, 0.1) is 48.3 Å². The second-order valence-electron chi connectivity index (χ2n) is 11.4. The third-order valence-electron chi connectivity index (χ3n) is 8.73. The Labute approximate surface area is 250 Å². The van der Waals surface area contributed by atoms with Crippen LogP contribution in [0.4, 0.5) is 5.82 Å². The first-order chi connectivity index (χ1) is 21.0. The Balaban J connectivity index is 1.32. The fourth-order valence-corrected chi connectivity index (χ4v) is 6.42. The number of fused-ring (bicyclic) bond motifs is 1. The third kappa shape index (κ3) is 5.16. The maximum absolute atomic E-state index is 11.8. The molecule has 1 unspecified atom stereocenters. The number of benzene rings is 2. The first-order valence-corrected chi connectivity index (χ1v) is 14.9. The van der Waals surface area contributed by atoms with Gasteiger partial charge in [-0.1, -0.05) is 41.6 Å². The van der Waals surface area contributed by atoms with E-state index in [2.05, 4.69) is 52.5 Å². The summed E-state index contributed by atoms with van der Waals surface area (Å²) in [5.41, 5.74) is 5.78. The molecule has 10 heteroatoms. The molecule has 7 rings (SSSR count). The summed E-state index contributed by atoms with van der Waals surface area (Å²) in [4.78, 5) is 26.4. The predicted octanol–water partition coefficient (Wildman–Crippen LogP) is 5.53. The highest BCUT2D eigenvalue weighted by atomic mass is 16.5. The van der Waals surface area contributed by atoms with Gasteiger partial charge in [-0.3, -0.25) is 9.48 Å². The van der Waals surface area contributed by atoms with Gasteiger partial charge in [0, 0.05) is 43.7 Å². The molecule has 10 nitrogen and oxygen atoms in total. The molecule has 43 heavy (non-hydrogen) atoms. The van der Waals surface area contributed by atoms with E-state index in [0.29, 0.717) is 25.6 Å². The molecule has 2 fully saturated rings. The summed E-state index contributed by atoms with van der Waals surface area (Å²) in [6.45, 7) is 8.93. The lowest BCUT2D eigenvalue weighted by Gasteiger charge is -2.37. The Morgan fingerprint density at radius 2 is 1.79 bits per heavy atom. The molecule has 0 bridgehead atoms. The van der Waals surface area contributed by atoms with Crippen molar-refractivity contribution in [3.05, 3.63) is 77.9 Å². The quantitative estimate of drug-likeness (QED) is 0.269. The number of rotatable bonds is 5. The minimum Gasteiger partial charge on any atom is -0.377 e. The van der Waals surface area contributed by atoms with Gasteiger partial charge >= 0.3 is 0 Å². The second-order valence-corrected chi connectivity index (χ2v) is 11.4. The molecule has 2 saturated heterocycles. The van der Waals surface area contributed by atoms with Crippen LogP contribution in [0.2, 0.25) is 0 Å². The zero-order valence-corrected chi connectivity index (χ0v) is 24.7. The Bertz CT molecular complexity index is 1750. The second kappa shape index (κ2) is 11.3. The van der Waals surface area contributed by atoms with Crippen LogP contribution < -0.4 is 4.90 Å². The van der Waals surface area contributed by atoms with E-state index in [9.17, 15) is 4.79 Å². The molecule has 1 amide bonds. The average Bonchev–Trinajstić information content (AvgIpc) is 3.67. The van der Waals surface area contributed by atoms with Crippen molar-refractivity contribution in [2.75, 3.05) is 37.7 Å². The number of aryl methyl sites for hydroxylation is 2. The van der Waals surface area contributed by atoms with Crippen LogP contribution in [0.3, 0.4) is 0 Å². The monoisotopic (exact) mass is 577 g/mol. The number of morpholine rings is 1. The summed E-state index contributed by atoms with van der Waals surface area (Å²) in [5.74, 6) is 2.42. The van der Waals surface area contributed by atoms with E-state index in [4.69, 9.17) is 24.3 Å². The van der Waals surface area contributed by atoms with Gasteiger partial charge in [0.2, 0.25) is 5.91 Å². The topological polar surface area (TPSA) is 102 Å². The first-order valence-electron chi connectivity index (χ1n) is 14.9. The van der Waals surface area contributed by atoms with Gasteiger partial charge < -0.3 is 19.1 Å². The van der Waals surface area contributed by atoms with Crippen LogP contribution in [-0.4, -0.2) is 68.6 Å². The van der Waals surface area contributed by atoms with Crippen molar-refractivity contribution in [3.8, 4) is 22.5 Å². The number of hydrogen-bond donors (Lipinski definition) is 0. The Morgan fingerprint density at radius 1 is 0.977 bits per heavy atom. The standard InChI is InChI=1S/C33H35N7O3/c1-21-31(22(2)43-37-21)25-9-10-29-28(17-25)33(39-15-16-42-20-30(39)24-7-5-4-6-8-24)36-32(35-29)26-18-34-40(19-26)27-11-13-38(14-12-27)23(3)41/h4-10,17-19,27,30H,11-16,20H2,1-3H3. The van der Waals surface area contributed by atoms with E-state index in [0.717, 1.165) is 70.8 Å². The van der Waals surface area contributed by atoms with Crippen LogP contribution in [0.25, 0.3) is 33.4 Å². The molecule has 2 aromatic carbocycles. The van der Waals surface area contributed by atoms with Crippen molar-refractivity contribution in [3.63, 3.8) is 0 Å². The summed E-state index contributed by atoms with van der Waals surface area (Å²) in [7, 11) is 0. The van der Waals surface area contributed by atoms with Crippen LogP contribution in [-0.2, 0) is 9.53 Å². The molecule has 0 spiro atoms. The first kappa shape index (κ1) is 27.3. The van der Waals surface area contributed by atoms with Crippen LogP contribution in [0.1, 0.15) is 48.9 Å². The number of carbonyl (C=O) groups is 1. The Kier molecular flexibility index (Phi) is 7.14. The SMILES string of the molecule is CC(=O)N1CCC(n2cc(-c3nc(N4CCOCC4c4ccccc4)c4cc(-c5c(C)noc5C)ccc4n3)cn2)CC1. The van der Waals surface area contributed by atoms with E-state index in [1.54, 1.807) is 6.92 Å². The van der Waals surface area contributed by atoms with Gasteiger partial charge in [0.1, 0.15) is 11.6 Å². The maximum Gasteiger partial charge on any atom is 0.219 e. The van der Waals surface area contributed by atoms with Crippen LogP contribution in [0, 0.1) is 13.8 Å². The summed E-state index contributed by atoms with van der Waals surface area (Å²) in [6, 6.07) is 17.0. The van der Waals surface area contributed by atoms with Gasteiger partial charge in [-0.15, -0.1) is 0 Å². The number of piperidine rings is 1. The van der Waals surface area contributed by atoms with Crippen LogP contribution in [0.5, 0.6) is 0 Å². The lowest BCUT2D eigenvalue weighted by Crippen LogP contribution is -2.40. The zero-order chi connectivity index (χ0) is 29.5. The third-order valence-corrected chi connectivity index (χ3v) is 8.73. The van der Waals surface area contributed by atoms with Gasteiger partial charge in [-0.2, -0.15) is 5.10 Å². The molecule has 0 aliphatic carbocycles. The molecule has 2 aliphatic rings. The summed E-state index contributed by atoms with van der Waals surface area (Å²) < 4.78 is 13.5. The fraction of sp³-hybridized carbons (Fsp3) is 0.364. The number of carbonyl (C=O) groups excluding carboxylic acids is 1. The molecule has 3 aromatic heterocycles. The lowest BCUT2D eigenvalue weighted by molar-refractivity contribution is -0.130. The molecular weight excluding hydrogens is 542 g/mol. The molecule has 0 radical (unpaired) electrons. The van der Waals surface area contributed by atoms with E-state index in [1.165, 1.54) is 5.56 Å². The minimum absolute atomic E-state index is 0.0119. The molecule has 220 valence electrons. The van der Waals surface area contributed by atoms with E-state index < -0.39 is 0 Å². The maximum atomic E-state index is 11.8. The van der Waals surface area contributed by atoms with Crippen molar-refractivity contribution < 1.29 is 14.1 Å². The highest BCUT2D eigenvalue weighted by molar-refractivity contribution is 5.95. The molecule has 0 saturated carbocycles. The van der Waals surface area contributed by atoms with Gasteiger partial charge in [-0.05, 0) is 49.9 Å². The number of hydrogen-bond acceptors (Lipinski definition) is 8. The van der Waals surface area contributed by atoms with Crippen LogP contribution >= 0.6 is 0 Å². The van der Waals surface area contributed by atoms with Gasteiger partial charge in [0.25, 0.3) is 0 Å². The largest absolute Gasteiger partial charge is 0.377 e. The summed E-state index contributed by atoms with van der Waals surface area (Å²) in [6.07, 6.45) is 5.66. The molecule has 5 aromatic rings. The minimum atomic E-state index is 0.0119. The number of aromatic nitrogens is 5. The molecule has 2 aliphatic heterocycles. The van der Waals surface area contributed by atoms with E-state index >= 15 is 0 Å². The summed E-state index contributed by atoms with van der Waals surface area (Å²) in [5, 5.41) is 9.87. The van der Waals surface area contributed by atoms with Crippen molar-refractivity contribution in [1.82, 2.24) is 29.8 Å². The molecular formula is C33H35N7O3. The number of likely N-dealkylation sites (tertiary alicyclic amines) is 1. The number of anilines is 1. The lowest BCUT2D eigenvalue weighted by atomic mass is 10.0. The molecule has 1 atom stereocenters. The Hall–Kier alpha value is -4.57. The predicted molar refractivity (Wildman–Crippen MR) is 164 cm³/mol. The van der Waals surface area contributed by atoms with Crippen molar-refractivity contribution in [2.45, 2.75) is 45.7 Å². The normalized spacial score (nSPS) is 18.0. The molecule has 0 N–H and O–H groups in total. The zero-order valence-electron chi connectivity index (χ0n) is 24.7. The van der Waals surface area contributed by atoms with Gasteiger partial charge in [0.15, 0.2) is 5.82 Å². The molecule has 5 heterocycles. The van der Waals surface area contributed by atoms with Crippen molar-refractivity contribution in [1.29, 1.82) is 0 Å². The van der Waals surface area contributed by atoms with E-state index in [1.807, 2.05) is 41.9 Å². The fourth-order valence-electron chi connectivity index (χ4n) is 6.42. The highest BCUT2D eigenvalue weighted by Gasteiger charge is 2.29.